The van der Waals surface area contributed by atoms with Gasteiger partial charge in [-0.1, -0.05) is 90.9 Å². The van der Waals surface area contributed by atoms with Gasteiger partial charge in [-0.3, -0.25) is 9.59 Å². The Bertz CT molecular complexity index is 729. The van der Waals surface area contributed by atoms with E-state index in [2.05, 4.69) is 13.8 Å². The van der Waals surface area contributed by atoms with Crippen molar-refractivity contribution in [3.05, 3.63) is 0 Å². The predicted molar refractivity (Wildman–Crippen MR) is 205 cm³/mol. The molecule has 316 valence electrons. The summed E-state index contributed by atoms with van der Waals surface area (Å²) in [5.74, 6) is -0.287. The number of carbonyl (C=O) groups is 2. The van der Waals surface area contributed by atoms with E-state index in [9.17, 15) is 9.59 Å². The van der Waals surface area contributed by atoms with Crippen LogP contribution in [0.15, 0.2) is 0 Å². The topological polar surface area (TPSA) is 136 Å². The van der Waals surface area contributed by atoms with Gasteiger partial charge in [-0.25, -0.2) is 0 Å². The minimum absolute atomic E-state index is 0.139. The van der Waals surface area contributed by atoms with Gasteiger partial charge in [0.05, 0.1) is 119 Å². The number of hydrogen-bond acceptors (Lipinski definition) is 13. The average Bonchev–Trinajstić information content (AvgIpc) is 3.16. The molecule has 0 rings (SSSR count). The van der Waals surface area contributed by atoms with E-state index in [4.69, 9.17) is 52.1 Å². The molecule has 0 atom stereocenters. The Labute approximate surface area is 322 Å². The number of unbranched alkanes of at least 4 members (excludes halogenated alkanes) is 12. The van der Waals surface area contributed by atoms with Gasteiger partial charge in [0.1, 0.15) is 13.2 Å². The summed E-state index contributed by atoms with van der Waals surface area (Å²) in [4.78, 5) is 23.4. The van der Waals surface area contributed by atoms with Crippen LogP contribution in [0.3, 0.4) is 0 Å². The highest BCUT2D eigenvalue weighted by atomic mass is 16.6. The summed E-state index contributed by atoms with van der Waals surface area (Å²) in [5, 5.41) is 0. The molecule has 0 heterocycles. The van der Waals surface area contributed by atoms with Crippen molar-refractivity contribution in [3.63, 3.8) is 0 Å². The van der Waals surface area contributed by atoms with Gasteiger partial charge >= 0.3 is 11.9 Å². The number of ether oxygens (including phenoxy) is 11. The molecule has 0 spiro atoms. The molecule has 0 N–H and O–H groups in total. The molecule has 0 aliphatic heterocycles. The molecule has 0 unspecified atom stereocenters. The van der Waals surface area contributed by atoms with Gasteiger partial charge in [0.15, 0.2) is 0 Å². The second kappa shape index (κ2) is 46.7. The lowest BCUT2D eigenvalue weighted by Crippen LogP contribution is -2.15. The fraction of sp³-hybridized carbons (Fsp3) is 0.950. The summed E-state index contributed by atoms with van der Waals surface area (Å²) in [6.45, 7) is 13.4. The quantitative estimate of drug-likeness (QED) is 0.0493. The first-order valence-electron chi connectivity index (χ1n) is 20.7. The standard InChI is InChI=1S/C40H78O13/c1-3-5-7-9-10-11-12-14-16-18-40(42)53-38-36-51-34-32-49-30-28-47-26-24-45-22-20-43-19-21-44-23-25-46-27-29-48-31-33-50-35-37-52-39(41)17-15-13-8-6-4-2/h3-38H2,1-2H3. The first kappa shape index (κ1) is 51.6. The SMILES string of the molecule is CCCCCCCCCCCC(=O)OCCOCCOCCOCCOCCOCCOCCOCCOCCOCCOC(=O)CCCCCCC. The maximum Gasteiger partial charge on any atom is 0.305 e. The van der Waals surface area contributed by atoms with Gasteiger partial charge in [0.2, 0.25) is 0 Å². The molecule has 0 saturated carbocycles. The average molecular weight is 767 g/mol. The highest BCUT2D eigenvalue weighted by Gasteiger charge is 2.04. The highest BCUT2D eigenvalue weighted by Crippen LogP contribution is 2.11. The Morgan fingerprint density at radius 2 is 0.453 bits per heavy atom. The molecule has 0 fully saturated rings. The molecule has 53 heavy (non-hydrogen) atoms. The second-order valence-electron chi connectivity index (χ2n) is 12.7. The molecule has 0 bridgehead atoms. The molecule has 13 heteroatoms. The third-order valence-corrected chi connectivity index (χ3v) is 7.93. The van der Waals surface area contributed by atoms with Crippen molar-refractivity contribution in [2.24, 2.45) is 0 Å². The monoisotopic (exact) mass is 767 g/mol. The predicted octanol–water partition coefficient (Wildman–Crippen LogP) is 6.50. The minimum Gasteiger partial charge on any atom is -0.463 e. The molecular formula is C40H78O13. The van der Waals surface area contributed by atoms with Crippen LogP contribution < -0.4 is 0 Å². The third kappa shape index (κ3) is 46.7. The molecule has 0 aliphatic carbocycles. The number of rotatable bonds is 46. The fourth-order valence-electron chi connectivity index (χ4n) is 4.89. The largest absolute Gasteiger partial charge is 0.463 e. The van der Waals surface area contributed by atoms with E-state index in [0.717, 1.165) is 25.7 Å². The normalized spacial score (nSPS) is 11.4. The Kier molecular flexibility index (Phi) is 45.5. The van der Waals surface area contributed by atoms with E-state index in [1.165, 1.54) is 64.2 Å². The van der Waals surface area contributed by atoms with Crippen LogP contribution in [0.4, 0.5) is 0 Å². The number of hydrogen-bond donors (Lipinski definition) is 0. The maximum absolute atomic E-state index is 11.8. The lowest BCUT2D eigenvalue weighted by Gasteiger charge is -2.09. The maximum atomic E-state index is 11.8. The van der Waals surface area contributed by atoms with Crippen LogP contribution in [0, 0.1) is 0 Å². The Hall–Kier alpha value is -1.42. The fourth-order valence-corrected chi connectivity index (χ4v) is 4.89. The first-order chi connectivity index (χ1) is 26.2. The van der Waals surface area contributed by atoms with E-state index in [-0.39, 0.29) is 25.2 Å². The summed E-state index contributed by atoms with van der Waals surface area (Å²) in [7, 11) is 0. The smallest absolute Gasteiger partial charge is 0.305 e. The van der Waals surface area contributed by atoms with Crippen molar-refractivity contribution >= 4 is 11.9 Å². The van der Waals surface area contributed by atoms with Crippen LogP contribution in [0.2, 0.25) is 0 Å². The molecule has 0 aromatic heterocycles. The van der Waals surface area contributed by atoms with Crippen LogP contribution in [0.5, 0.6) is 0 Å². The Morgan fingerprint density at radius 1 is 0.264 bits per heavy atom. The van der Waals surface area contributed by atoms with Crippen molar-refractivity contribution < 1.29 is 61.7 Å². The first-order valence-corrected chi connectivity index (χ1v) is 20.7. The summed E-state index contributed by atoms with van der Waals surface area (Å²) >= 11 is 0. The number of esters is 2. The molecule has 0 radical (unpaired) electrons. The van der Waals surface area contributed by atoms with Crippen molar-refractivity contribution in [2.45, 2.75) is 117 Å². The summed E-state index contributed by atoms with van der Waals surface area (Å²) < 4.78 is 59.6. The minimum atomic E-state index is -0.149. The zero-order chi connectivity index (χ0) is 38.4. The van der Waals surface area contributed by atoms with Gasteiger partial charge in [-0.15, -0.1) is 0 Å². The van der Waals surface area contributed by atoms with Crippen LogP contribution >= 0.6 is 0 Å². The second-order valence-corrected chi connectivity index (χ2v) is 12.7. The summed E-state index contributed by atoms with van der Waals surface area (Å²) in [6.07, 6.45) is 17.6. The van der Waals surface area contributed by atoms with Crippen molar-refractivity contribution in [1.29, 1.82) is 0 Å². The van der Waals surface area contributed by atoms with Crippen LogP contribution in [0.25, 0.3) is 0 Å². The molecule has 13 nitrogen and oxygen atoms in total. The van der Waals surface area contributed by atoms with E-state index < -0.39 is 0 Å². The van der Waals surface area contributed by atoms with Gasteiger partial charge in [-0.05, 0) is 12.8 Å². The lowest BCUT2D eigenvalue weighted by atomic mass is 10.1. The molecule has 0 aromatic rings. The van der Waals surface area contributed by atoms with Crippen molar-refractivity contribution in [3.8, 4) is 0 Å². The lowest BCUT2D eigenvalue weighted by molar-refractivity contribution is -0.146. The molecule has 0 aromatic carbocycles. The van der Waals surface area contributed by atoms with Crippen LogP contribution in [-0.2, 0) is 61.7 Å². The Morgan fingerprint density at radius 3 is 0.679 bits per heavy atom. The van der Waals surface area contributed by atoms with Gasteiger partial charge < -0.3 is 52.1 Å². The number of carbonyl (C=O) groups excluding carboxylic acids is 2. The Balaban J connectivity index is 3.14. The van der Waals surface area contributed by atoms with Crippen LogP contribution in [-0.4, -0.2) is 144 Å². The van der Waals surface area contributed by atoms with Crippen molar-refractivity contribution in [2.75, 3.05) is 132 Å². The van der Waals surface area contributed by atoms with Gasteiger partial charge in [0, 0.05) is 12.8 Å². The van der Waals surface area contributed by atoms with Gasteiger partial charge in [0.25, 0.3) is 0 Å². The van der Waals surface area contributed by atoms with Crippen molar-refractivity contribution in [1.82, 2.24) is 0 Å². The summed E-state index contributed by atoms with van der Waals surface area (Å²) in [6, 6.07) is 0. The van der Waals surface area contributed by atoms with E-state index in [1.807, 2.05) is 0 Å². The summed E-state index contributed by atoms with van der Waals surface area (Å²) in [5.41, 5.74) is 0. The molecule has 0 amide bonds. The zero-order valence-corrected chi connectivity index (χ0v) is 33.8. The van der Waals surface area contributed by atoms with Gasteiger partial charge in [-0.2, -0.15) is 0 Å². The molecular weight excluding hydrogens is 688 g/mol. The third-order valence-electron chi connectivity index (χ3n) is 7.93. The van der Waals surface area contributed by atoms with E-state index in [1.54, 1.807) is 0 Å². The van der Waals surface area contributed by atoms with Crippen LogP contribution in [0.1, 0.15) is 117 Å². The van der Waals surface area contributed by atoms with E-state index in [0.29, 0.717) is 132 Å². The molecule has 0 saturated heterocycles. The van der Waals surface area contributed by atoms with E-state index >= 15 is 0 Å². The zero-order valence-electron chi connectivity index (χ0n) is 33.8. The highest BCUT2D eigenvalue weighted by molar-refractivity contribution is 5.69. The molecule has 0 aliphatic rings.